The first-order valence-electron chi connectivity index (χ1n) is 5.97. The van der Waals surface area contributed by atoms with Crippen LogP contribution in [0.15, 0.2) is 24.3 Å². The molecule has 0 radical (unpaired) electrons. The molecule has 0 aliphatic heterocycles. The number of rotatable bonds is 5. The highest BCUT2D eigenvalue weighted by molar-refractivity contribution is 7.17. The van der Waals surface area contributed by atoms with Crippen LogP contribution in [0.4, 0.5) is 0 Å². The van der Waals surface area contributed by atoms with Crippen LogP contribution in [0.3, 0.4) is 0 Å². The topological polar surface area (TPSA) is 59.4 Å². The van der Waals surface area contributed by atoms with Gasteiger partial charge in [0.25, 0.3) is 0 Å². The molecule has 1 aromatic heterocycles. The quantitative estimate of drug-likeness (QED) is 0.911. The Hall–Kier alpha value is -1.72. The van der Waals surface area contributed by atoms with Crippen molar-refractivity contribution in [2.75, 3.05) is 7.11 Å². The van der Waals surface area contributed by atoms with E-state index in [2.05, 4.69) is 4.98 Å². The normalized spacial score (nSPS) is 10.6. The van der Waals surface area contributed by atoms with Crippen LogP contribution in [0.1, 0.15) is 27.9 Å². The fourth-order valence-corrected chi connectivity index (χ4v) is 2.79. The molecule has 0 bridgehead atoms. The van der Waals surface area contributed by atoms with Crippen molar-refractivity contribution < 1.29 is 14.6 Å². The zero-order chi connectivity index (χ0) is 13.8. The van der Waals surface area contributed by atoms with E-state index in [0.717, 1.165) is 16.1 Å². The molecule has 100 valence electrons. The molecule has 4 nitrogen and oxygen atoms in total. The molecule has 1 heterocycles. The minimum atomic E-state index is -0.906. The van der Waals surface area contributed by atoms with E-state index in [1.54, 1.807) is 7.11 Å². The van der Waals surface area contributed by atoms with Gasteiger partial charge in [-0.1, -0.05) is 31.2 Å². The van der Waals surface area contributed by atoms with Gasteiger partial charge in [-0.15, -0.1) is 11.3 Å². The van der Waals surface area contributed by atoms with Gasteiger partial charge in [-0.3, -0.25) is 0 Å². The number of carboxylic acid groups (broad SMARTS) is 1. The lowest BCUT2D eigenvalue weighted by molar-refractivity contribution is 0.0701. The predicted molar refractivity (Wildman–Crippen MR) is 74.6 cm³/mol. The Morgan fingerprint density at radius 3 is 2.53 bits per heavy atom. The Morgan fingerprint density at radius 1 is 1.37 bits per heavy atom. The fraction of sp³-hybridized carbons (Fsp3) is 0.286. The van der Waals surface area contributed by atoms with Gasteiger partial charge in [0.1, 0.15) is 9.88 Å². The first-order valence-corrected chi connectivity index (χ1v) is 6.78. The van der Waals surface area contributed by atoms with Crippen molar-refractivity contribution in [2.24, 2.45) is 0 Å². The Morgan fingerprint density at radius 2 is 2.05 bits per heavy atom. The standard InChI is InChI=1S/C14H15NO3S/c1-3-11-12(14(16)17)19-13(15-11)10-6-4-9(5-7-10)8-18-2/h4-7H,3,8H2,1-2H3,(H,16,17). The van der Waals surface area contributed by atoms with Crippen LogP contribution in [0.5, 0.6) is 0 Å². The van der Waals surface area contributed by atoms with Crippen molar-refractivity contribution in [2.45, 2.75) is 20.0 Å². The second-order valence-corrected chi connectivity index (χ2v) is 5.08. The SMILES string of the molecule is CCc1nc(-c2ccc(COC)cc2)sc1C(=O)O. The number of aryl methyl sites for hydroxylation is 1. The lowest BCUT2D eigenvalue weighted by Gasteiger charge is -2.00. The van der Waals surface area contributed by atoms with Crippen LogP contribution < -0.4 is 0 Å². The van der Waals surface area contributed by atoms with E-state index in [1.807, 2.05) is 31.2 Å². The number of aromatic nitrogens is 1. The van der Waals surface area contributed by atoms with Crippen LogP contribution in [0.2, 0.25) is 0 Å². The fourth-order valence-electron chi connectivity index (χ4n) is 1.79. The number of methoxy groups -OCH3 is 1. The molecule has 19 heavy (non-hydrogen) atoms. The third-order valence-corrected chi connectivity index (χ3v) is 3.87. The molecule has 2 rings (SSSR count). The average molecular weight is 277 g/mol. The summed E-state index contributed by atoms with van der Waals surface area (Å²) in [5, 5.41) is 9.87. The Labute approximate surface area is 115 Å². The lowest BCUT2D eigenvalue weighted by atomic mass is 10.1. The number of carbonyl (C=O) groups is 1. The summed E-state index contributed by atoms with van der Waals surface area (Å²) in [4.78, 5) is 15.9. The van der Waals surface area contributed by atoms with E-state index >= 15 is 0 Å². The van der Waals surface area contributed by atoms with E-state index < -0.39 is 5.97 Å². The highest BCUT2D eigenvalue weighted by Crippen LogP contribution is 2.28. The van der Waals surface area contributed by atoms with Gasteiger partial charge in [-0.2, -0.15) is 0 Å². The van der Waals surface area contributed by atoms with Gasteiger partial charge in [0.2, 0.25) is 0 Å². The van der Waals surface area contributed by atoms with Crippen LogP contribution in [-0.2, 0) is 17.8 Å². The Balaban J connectivity index is 2.33. The number of nitrogens with zero attached hydrogens (tertiary/aromatic N) is 1. The van der Waals surface area contributed by atoms with Crippen molar-refractivity contribution in [3.8, 4) is 10.6 Å². The minimum Gasteiger partial charge on any atom is -0.477 e. The molecule has 1 aromatic carbocycles. The Kier molecular flexibility index (Phi) is 4.29. The lowest BCUT2D eigenvalue weighted by Crippen LogP contribution is -1.97. The number of carboxylic acids is 1. The molecule has 5 heteroatoms. The van der Waals surface area contributed by atoms with E-state index in [-0.39, 0.29) is 0 Å². The summed E-state index contributed by atoms with van der Waals surface area (Å²) >= 11 is 1.22. The third kappa shape index (κ3) is 3.00. The summed E-state index contributed by atoms with van der Waals surface area (Å²) in [6, 6.07) is 7.81. The third-order valence-electron chi connectivity index (χ3n) is 2.74. The summed E-state index contributed by atoms with van der Waals surface area (Å²) in [6.07, 6.45) is 0.625. The number of thiazole rings is 1. The second kappa shape index (κ2) is 5.95. The maximum atomic E-state index is 11.1. The van der Waals surface area contributed by atoms with Gasteiger partial charge in [-0.05, 0) is 12.0 Å². The second-order valence-electron chi connectivity index (χ2n) is 4.08. The molecule has 0 spiro atoms. The maximum Gasteiger partial charge on any atom is 0.347 e. The van der Waals surface area contributed by atoms with Gasteiger partial charge < -0.3 is 9.84 Å². The molecular weight excluding hydrogens is 262 g/mol. The van der Waals surface area contributed by atoms with Crippen LogP contribution in [0, 0.1) is 0 Å². The molecule has 0 saturated heterocycles. The molecule has 0 unspecified atom stereocenters. The van der Waals surface area contributed by atoms with Crippen LogP contribution in [0.25, 0.3) is 10.6 Å². The molecule has 1 N–H and O–H groups in total. The zero-order valence-electron chi connectivity index (χ0n) is 10.8. The van der Waals surface area contributed by atoms with Crippen molar-refractivity contribution in [3.63, 3.8) is 0 Å². The number of hydrogen-bond donors (Lipinski definition) is 1. The van der Waals surface area contributed by atoms with E-state index in [9.17, 15) is 4.79 Å². The van der Waals surface area contributed by atoms with E-state index in [4.69, 9.17) is 9.84 Å². The highest BCUT2D eigenvalue weighted by Gasteiger charge is 2.16. The summed E-state index contributed by atoms with van der Waals surface area (Å²) in [6.45, 7) is 2.48. The smallest absolute Gasteiger partial charge is 0.347 e. The monoisotopic (exact) mass is 277 g/mol. The number of ether oxygens (including phenoxy) is 1. The number of aromatic carboxylic acids is 1. The number of benzene rings is 1. The first kappa shape index (κ1) is 13.7. The summed E-state index contributed by atoms with van der Waals surface area (Å²) in [5.41, 5.74) is 2.66. The van der Waals surface area contributed by atoms with E-state index in [0.29, 0.717) is 23.6 Å². The van der Waals surface area contributed by atoms with Crippen LogP contribution >= 0.6 is 11.3 Å². The average Bonchev–Trinajstić information content (AvgIpc) is 2.84. The maximum absolute atomic E-state index is 11.1. The van der Waals surface area contributed by atoms with Crippen LogP contribution in [-0.4, -0.2) is 23.2 Å². The van der Waals surface area contributed by atoms with Crippen molar-refractivity contribution in [1.29, 1.82) is 0 Å². The molecule has 0 aliphatic carbocycles. The summed E-state index contributed by atoms with van der Waals surface area (Å²) in [7, 11) is 1.65. The molecular formula is C14H15NO3S. The molecule has 0 atom stereocenters. The van der Waals surface area contributed by atoms with Crippen molar-refractivity contribution in [1.82, 2.24) is 4.98 Å². The zero-order valence-corrected chi connectivity index (χ0v) is 11.7. The van der Waals surface area contributed by atoms with Gasteiger partial charge in [-0.25, -0.2) is 9.78 Å². The minimum absolute atomic E-state index is 0.332. The molecule has 0 aliphatic rings. The highest BCUT2D eigenvalue weighted by atomic mass is 32.1. The van der Waals surface area contributed by atoms with Gasteiger partial charge in [0.05, 0.1) is 12.3 Å². The summed E-state index contributed by atoms with van der Waals surface area (Å²) in [5.74, 6) is -0.906. The molecule has 0 amide bonds. The summed E-state index contributed by atoms with van der Waals surface area (Å²) < 4.78 is 5.05. The van der Waals surface area contributed by atoms with Crippen molar-refractivity contribution in [3.05, 3.63) is 40.4 Å². The molecule has 2 aromatic rings. The molecule has 0 saturated carbocycles. The van der Waals surface area contributed by atoms with Gasteiger partial charge in [0, 0.05) is 12.7 Å². The van der Waals surface area contributed by atoms with Gasteiger partial charge >= 0.3 is 5.97 Å². The largest absolute Gasteiger partial charge is 0.477 e. The van der Waals surface area contributed by atoms with Crippen molar-refractivity contribution >= 4 is 17.3 Å². The predicted octanol–water partition coefficient (Wildman–Crippen LogP) is 3.22. The Bertz CT molecular complexity index is 575. The number of hydrogen-bond acceptors (Lipinski definition) is 4. The van der Waals surface area contributed by atoms with E-state index in [1.165, 1.54) is 11.3 Å². The molecule has 0 fully saturated rings. The first-order chi connectivity index (χ1) is 9.15. The van der Waals surface area contributed by atoms with Gasteiger partial charge in [0.15, 0.2) is 0 Å².